The minimum Gasteiger partial charge on any atom is -0.496 e. The number of fused-ring (bicyclic) bond motifs is 1. The van der Waals surface area contributed by atoms with Crippen LogP contribution in [0, 0.1) is 13.8 Å². The normalized spacial score (nSPS) is 15.3. The fourth-order valence-electron chi connectivity index (χ4n) is 4.73. The Morgan fingerprint density at radius 1 is 1.05 bits per heavy atom. The predicted molar refractivity (Wildman–Crippen MR) is 146 cm³/mol. The summed E-state index contributed by atoms with van der Waals surface area (Å²) in [6, 6.07) is 23.4. The topological polar surface area (TPSA) is 84.7 Å². The first-order valence-electron chi connectivity index (χ1n) is 11.9. The fourth-order valence-corrected chi connectivity index (χ4v) is 5.95. The Morgan fingerprint density at radius 2 is 1.78 bits per heavy atom. The number of hydrogen-bond donors (Lipinski definition) is 1. The third kappa shape index (κ3) is 4.49. The number of aliphatic carboxylic acids is 1. The van der Waals surface area contributed by atoms with Crippen LogP contribution >= 0.6 is 11.8 Å². The second-order valence-corrected chi connectivity index (χ2v) is 9.98. The van der Waals surface area contributed by atoms with E-state index in [1.165, 1.54) is 16.7 Å². The number of para-hydroxylation sites is 1. The van der Waals surface area contributed by atoms with Crippen LogP contribution in [0.1, 0.15) is 27.5 Å². The summed E-state index contributed by atoms with van der Waals surface area (Å²) >= 11 is 1.46. The Balaban J connectivity index is 1.90. The Bertz CT molecular complexity index is 1480. The molecule has 0 bridgehead atoms. The number of aryl methyl sites for hydroxylation is 1. The second kappa shape index (κ2) is 10.1. The van der Waals surface area contributed by atoms with E-state index in [4.69, 9.17) is 9.84 Å². The third-order valence-corrected chi connectivity index (χ3v) is 7.89. The number of hydrogen-bond acceptors (Lipinski definition) is 5. The van der Waals surface area contributed by atoms with Crippen LogP contribution in [0.4, 0.5) is 5.82 Å². The summed E-state index contributed by atoms with van der Waals surface area (Å²) in [5.41, 5.74) is 6.14. The van der Waals surface area contributed by atoms with Gasteiger partial charge in [-0.2, -0.15) is 5.10 Å². The lowest BCUT2D eigenvalue weighted by molar-refractivity contribution is -0.136. The van der Waals surface area contributed by atoms with Gasteiger partial charge in [-0.25, -0.2) is 4.68 Å². The van der Waals surface area contributed by atoms with Gasteiger partial charge in [0.15, 0.2) is 0 Å². The van der Waals surface area contributed by atoms with Gasteiger partial charge in [0.1, 0.15) is 18.1 Å². The van der Waals surface area contributed by atoms with E-state index in [2.05, 4.69) is 0 Å². The molecule has 0 aliphatic carbocycles. The predicted octanol–water partition coefficient (Wildman–Crippen LogP) is 5.42. The highest BCUT2D eigenvalue weighted by Gasteiger charge is 2.38. The van der Waals surface area contributed by atoms with Gasteiger partial charge >= 0.3 is 5.97 Å². The number of methoxy groups -OCH3 is 1. The van der Waals surface area contributed by atoms with Crippen LogP contribution in [-0.4, -0.2) is 46.2 Å². The molecule has 1 aliphatic heterocycles. The third-order valence-electron chi connectivity index (χ3n) is 6.66. The Kier molecular flexibility index (Phi) is 6.76. The van der Waals surface area contributed by atoms with Crippen LogP contribution in [-0.2, 0) is 9.59 Å². The van der Waals surface area contributed by atoms with Crippen LogP contribution in [0.15, 0.2) is 72.8 Å². The zero-order valence-electron chi connectivity index (χ0n) is 20.8. The molecular weight excluding hydrogens is 486 g/mol. The van der Waals surface area contributed by atoms with Gasteiger partial charge in [-0.05, 0) is 37.1 Å². The molecule has 0 saturated carbocycles. The number of carbonyl (C=O) groups excluding carboxylic acids is 1. The number of amides is 1. The van der Waals surface area contributed by atoms with E-state index in [0.717, 1.165) is 33.5 Å². The first-order chi connectivity index (χ1) is 17.9. The molecule has 0 radical (unpaired) electrons. The van der Waals surface area contributed by atoms with Gasteiger partial charge in [-0.15, -0.1) is 11.8 Å². The van der Waals surface area contributed by atoms with Gasteiger partial charge in [0.2, 0.25) is 5.91 Å². The molecule has 0 saturated heterocycles. The number of carbonyl (C=O) groups is 2. The zero-order chi connectivity index (χ0) is 26.1. The highest BCUT2D eigenvalue weighted by Crippen LogP contribution is 2.50. The molecule has 0 fully saturated rings. The molecular formula is C29H27N3O4S. The van der Waals surface area contributed by atoms with Crippen LogP contribution < -0.4 is 9.64 Å². The van der Waals surface area contributed by atoms with Gasteiger partial charge in [0.05, 0.1) is 29.5 Å². The highest BCUT2D eigenvalue weighted by atomic mass is 32.2. The number of benzene rings is 3. The first kappa shape index (κ1) is 24.6. The summed E-state index contributed by atoms with van der Waals surface area (Å²) in [6.07, 6.45) is 0. The van der Waals surface area contributed by atoms with E-state index in [1.807, 2.05) is 86.6 Å². The van der Waals surface area contributed by atoms with Crippen molar-refractivity contribution >= 4 is 29.5 Å². The molecule has 5 rings (SSSR count). The average molecular weight is 514 g/mol. The standard InChI is InChI=1S/C29H27N3O4S/c1-18-10-9-14-22(19(18)2)32-29-26(27(30-32)20-11-5-4-6-12-20)28(21-13-7-8-15-23(21)36-3)37-17-24(33)31(29)16-25(34)35/h4-15,28H,16-17H2,1-3H3,(H,34,35). The number of nitrogens with zero attached hydrogens (tertiary/aromatic N) is 3. The molecule has 1 aliphatic rings. The van der Waals surface area contributed by atoms with Gasteiger partial charge < -0.3 is 9.84 Å². The first-order valence-corrected chi connectivity index (χ1v) is 13.0. The molecule has 3 aromatic carbocycles. The number of carboxylic acids is 1. The molecule has 1 aromatic heterocycles. The second-order valence-electron chi connectivity index (χ2n) is 8.89. The van der Waals surface area contributed by atoms with Crippen molar-refractivity contribution in [3.8, 4) is 22.7 Å². The smallest absolute Gasteiger partial charge is 0.323 e. The van der Waals surface area contributed by atoms with Crippen LogP contribution in [0.25, 0.3) is 16.9 Å². The summed E-state index contributed by atoms with van der Waals surface area (Å²) in [4.78, 5) is 26.8. The maximum atomic E-state index is 13.5. The van der Waals surface area contributed by atoms with Crippen molar-refractivity contribution in [3.05, 3.63) is 95.1 Å². The average Bonchev–Trinajstić information content (AvgIpc) is 3.23. The highest BCUT2D eigenvalue weighted by molar-refractivity contribution is 8.00. The van der Waals surface area contributed by atoms with Crippen molar-refractivity contribution in [1.82, 2.24) is 9.78 Å². The Morgan fingerprint density at radius 3 is 2.51 bits per heavy atom. The quantitative estimate of drug-likeness (QED) is 0.371. The lowest BCUT2D eigenvalue weighted by Gasteiger charge is -2.23. The largest absolute Gasteiger partial charge is 0.496 e. The fraction of sp³-hybridized carbons (Fsp3) is 0.207. The van der Waals surface area contributed by atoms with Crippen molar-refractivity contribution in [2.24, 2.45) is 0 Å². The van der Waals surface area contributed by atoms with Crippen molar-refractivity contribution in [3.63, 3.8) is 0 Å². The summed E-state index contributed by atoms with van der Waals surface area (Å²) < 4.78 is 7.46. The molecule has 2 heterocycles. The van der Waals surface area contributed by atoms with E-state index in [1.54, 1.807) is 11.8 Å². The van der Waals surface area contributed by atoms with Gasteiger partial charge in [0.25, 0.3) is 0 Å². The van der Waals surface area contributed by atoms with E-state index < -0.39 is 12.5 Å². The summed E-state index contributed by atoms with van der Waals surface area (Å²) in [5.74, 6) is -0.0808. The minimum absolute atomic E-state index is 0.117. The number of rotatable bonds is 6. The molecule has 1 atom stereocenters. The number of thioether (sulfide) groups is 1. The van der Waals surface area contributed by atoms with E-state index >= 15 is 0 Å². The molecule has 4 aromatic rings. The number of ether oxygens (including phenoxy) is 1. The summed E-state index contributed by atoms with van der Waals surface area (Å²) in [7, 11) is 1.63. The molecule has 188 valence electrons. The van der Waals surface area contributed by atoms with E-state index in [-0.39, 0.29) is 16.9 Å². The van der Waals surface area contributed by atoms with Crippen LogP contribution in [0.3, 0.4) is 0 Å². The molecule has 7 nitrogen and oxygen atoms in total. The van der Waals surface area contributed by atoms with Gasteiger partial charge in [-0.1, -0.05) is 60.7 Å². The Hall–Kier alpha value is -4.04. The maximum absolute atomic E-state index is 13.5. The summed E-state index contributed by atoms with van der Waals surface area (Å²) in [5, 5.41) is 14.6. The Labute approximate surface area is 219 Å². The molecule has 8 heteroatoms. The van der Waals surface area contributed by atoms with Crippen LogP contribution in [0.5, 0.6) is 5.75 Å². The van der Waals surface area contributed by atoms with Crippen molar-refractivity contribution in [2.75, 3.05) is 24.3 Å². The monoisotopic (exact) mass is 513 g/mol. The maximum Gasteiger partial charge on any atom is 0.323 e. The van der Waals surface area contributed by atoms with Crippen molar-refractivity contribution in [1.29, 1.82) is 0 Å². The molecule has 1 unspecified atom stereocenters. The van der Waals surface area contributed by atoms with E-state index in [9.17, 15) is 14.7 Å². The molecule has 1 amide bonds. The molecule has 1 N–H and O–H groups in total. The van der Waals surface area contributed by atoms with E-state index in [0.29, 0.717) is 17.3 Å². The number of anilines is 1. The summed E-state index contributed by atoms with van der Waals surface area (Å²) in [6.45, 7) is 3.57. The van der Waals surface area contributed by atoms with Crippen LogP contribution in [0.2, 0.25) is 0 Å². The number of carboxylic acid groups (broad SMARTS) is 1. The van der Waals surface area contributed by atoms with Crippen molar-refractivity contribution in [2.45, 2.75) is 19.1 Å². The minimum atomic E-state index is -1.09. The lowest BCUT2D eigenvalue weighted by Crippen LogP contribution is -2.38. The lowest BCUT2D eigenvalue weighted by atomic mass is 9.99. The zero-order valence-corrected chi connectivity index (χ0v) is 21.7. The molecule has 37 heavy (non-hydrogen) atoms. The molecule has 0 spiro atoms. The van der Waals surface area contributed by atoms with Gasteiger partial charge in [0, 0.05) is 16.7 Å². The van der Waals surface area contributed by atoms with Crippen molar-refractivity contribution < 1.29 is 19.4 Å². The SMILES string of the molecule is COc1ccccc1C1SCC(=O)N(CC(=O)O)c2c1c(-c1ccccc1)nn2-c1cccc(C)c1C. The number of aromatic nitrogens is 2. The van der Waals surface area contributed by atoms with Gasteiger partial charge in [-0.3, -0.25) is 14.5 Å².